The van der Waals surface area contributed by atoms with Gasteiger partial charge in [-0.05, 0) is 42.0 Å². The van der Waals surface area contributed by atoms with Crippen molar-refractivity contribution in [1.29, 1.82) is 0 Å². The van der Waals surface area contributed by atoms with E-state index in [1.807, 2.05) is 54.6 Å². The molecule has 32 heavy (non-hydrogen) atoms. The summed E-state index contributed by atoms with van der Waals surface area (Å²) in [7, 11) is -3.34. The lowest BCUT2D eigenvalue weighted by atomic mass is 10.1. The average molecular weight is 446 g/mol. The summed E-state index contributed by atoms with van der Waals surface area (Å²) in [4.78, 5) is 18.1. The van der Waals surface area contributed by atoms with Crippen LogP contribution in [0.25, 0.3) is 27.6 Å². The van der Waals surface area contributed by atoms with Crippen molar-refractivity contribution in [1.82, 2.24) is 19.7 Å². The smallest absolute Gasteiger partial charge is 0.268 e. The lowest BCUT2D eigenvalue weighted by Gasteiger charge is -2.10. The first-order chi connectivity index (χ1) is 15.4. The number of hydrogen-bond donors (Lipinski definition) is 2. The molecule has 0 aliphatic heterocycles. The van der Waals surface area contributed by atoms with E-state index in [9.17, 15) is 13.2 Å². The molecule has 2 N–H and O–H groups in total. The molecule has 0 fully saturated rings. The number of hydrogen-bond acceptors (Lipinski definition) is 5. The van der Waals surface area contributed by atoms with E-state index >= 15 is 0 Å². The number of pyridine rings is 2. The zero-order valence-corrected chi connectivity index (χ0v) is 17.9. The van der Waals surface area contributed by atoms with E-state index in [1.54, 1.807) is 22.9 Å². The topological polar surface area (TPSA) is 110 Å². The fourth-order valence-corrected chi connectivity index (χ4v) is 4.39. The summed E-state index contributed by atoms with van der Waals surface area (Å²) in [6.45, 7) is 0. The summed E-state index contributed by atoms with van der Waals surface area (Å²) in [5.41, 5.74) is 3.73. The number of benzene rings is 2. The maximum absolute atomic E-state index is 13.6. The molecule has 8 nitrogen and oxygen atoms in total. The van der Waals surface area contributed by atoms with Gasteiger partial charge in [-0.25, -0.2) is 13.4 Å². The molecule has 3 heterocycles. The Kier molecular flexibility index (Phi) is 4.75. The Labute approximate surface area is 183 Å². The molecule has 5 rings (SSSR count). The van der Waals surface area contributed by atoms with Gasteiger partial charge in [0.1, 0.15) is 11.2 Å². The molecular weight excluding hydrogens is 426 g/mol. The lowest BCUT2D eigenvalue weighted by molar-refractivity contribution is 0.607. The highest BCUT2D eigenvalue weighted by molar-refractivity contribution is 7.92. The van der Waals surface area contributed by atoms with E-state index in [1.165, 1.54) is 0 Å². The number of sulfonamides is 1. The molecule has 0 aliphatic carbocycles. The lowest BCUT2D eigenvalue weighted by Crippen LogP contribution is -2.20. The van der Waals surface area contributed by atoms with Gasteiger partial charge in [-0.1, -0.05) is 30.3 Å². The first-order valence-corrected chi connectivity index (χ1v) is 11.8. The molecule has 0 saturated heterocycles. The standard InChI is InChI=1S/C23H19N5O3S/c1-32(30,31)27-16-11-9-15(10-12-16)14-19-20-21(26-25-19)18-8-5-13-24-22(18)28(23(20)29)17-6-3-2-4-7-17/h2-13,27H,14H2,1H3,(H,25,26). The van der Waals surface area contributed by atoms with E-state index in [0.717, 1.165) is 22.9 Å². The van der Waals surface area contributed by atoms with E-state index < -0.39 is 10.0 Å². The van der Waals surface area contributed by atoms with Crippen molar-refractivity contribution in [2.45, 2.75) is 6.42 Å². The summed E-state index contributed by atoms with van der Waals surface area (Å²) in [6.07, 6.45) is 3.20. The Bertz CT molecular complexity index is 1610. The fraction of sp³-hybridized carbons (Fsp3) is 0.0870. The molecule has 2 aromatic carbocycles. The first kappa shape index (κ1) is 20.0. The second-order valence-electron chi connectivity index (χ2n) is 7.52. The van der Waals surface area contributed by atoms with Crippen molar-refractivity contribution in [2.24, 2.45) is 0 Å². The van der Waals surface area contributed by atoms with Crippen LogP contribution in [0.4, 0.5) is 5.69 Å². The Morgan fingerprint density at radius 3 is 2.47 bits per heavy atom. The van der Waals surface area contributed by atoms with Gasteiger partial charge in [0.05, 0.1) is 23.0 Å². The minimum absolute atomic E-state index is 0.198. The van der Waals surface area contributed by atoms with Crippen LogP contribution in [0.2, 0.25) is 0 Å². The van der Waals surface area contributed by atoms with Gasteiger partial charge in [0, 0.05) is 23.7 Å². The zero-order valence-electron chi connectivity index (χ0n) is 17.1. The molecule has 0 saturated carbocycles. The molecule has 0 spiro atoms. The molecule has 5 aromatic rings. The van der Waals surface area contributed by atoms with Gasteiger partial charge >= 0.3 is 0 Å². The van der Waals surface area contributed by atoms with Crippen LogP contribution in [0, 0.1) is 0 Å². The van der Waals surface area contributed by atoms with E-state index in [2.05, 4.69) is 19.9 Å². The molecule has 9 heteroatoms. The van der Waals surface area contributed by atoms with Crippen LogP contribution in [0.5, 0.6) is 0 Å². The number of H-pyrrole nitrogens is 1. The number of fused-ring (bicyclic) bond motifs is 3. The number of nitrogens with zero attached hydrogens (tertiary/aromatic N) is 3. The Hall–Kier alpha value is -3.98. The normalized spacial score (nSPS) is 11.8. The van der Waals surface area contributed by atoms with Crippen molar-refractivity contribution in [3.63, 3.8) is 0 Å². The Morgan fingerprint density at radius 2 is 1.75 bits per heavy atom. The van der Waals surface area contributed by atoms with Crippen LogP contribution in [0.15, 0.2) is 77.7 Å². The number of aromatic nitrogens is 4. The predicted octanol–water partition coefficient (Wildman–Crippen LogP) is 3.22. The van der Waals surface area contributed by atoms with Gasteiger partial charge in [-0.15, -0.1) is 0 Å². The zero-order chi connectivity index (χ0) is 22.3. The monoisotopic (exact) mass is 445 g/mol. The average Bonchev–Trinajstić information content (AvgIpc) is 3.19. The van der Waals surface area contributed by atoms with Gasteiger partial charge in [-0.3, -0.25) is 19.2 Å². The maximum Gasteiger partial charge on any atom is 0.268 e. The summed E-state index contributed by atoms with van der Waals surface area (Å²) in [5, 5.41) is 8.74. The number of rotatable bonds is 5. The van der Waals surface area contributed by atoms with Crippen LogP contribution in [0.3, 0.4) is 0 Å². The quantitative estimate of drug-likeness (QED) is 0.432. The fourth-order valence-electron chi connectivity index (χ4n) is 3.82. The van der Waals surface area contributed by atoms with Crippen LogP contribution in [0.1, 0.15) is 11.3 Å². The SMILES string of the molecule is CS(=O)(=O)Nc1ccc(Cc2[nH]nc3c2c(=O)n(-c2ccccc2)c2ncccc32)cc1. The molecule has 0 unspecified atom stereocenters. The molecule has 0 atom stereocenters. The second kappa shape index (κ2) is 7.61. The van der Waals surface area contributed by atoms with Crippen molar-refractivity contribution < 1.29 is 8.42 Å². The van der Waals surface area contributed by atoms with Crippen LogP contribution >= 0.6 is 0 Å². The van der Waals surface area contributed by atoms with Crippen LogP contribution in [-0.4, -0.2) is 34.4 Å². The minimum atomic E-state index is -3.34. The molecular formula is C23H19N5O3S. The molecule has 0 amide bonds. The predicted molar refractivity (Wildman–Crippen MR) is 125 cm³/mol. The third kappa shape index (κ3) is 3.63. The largest absolute Gasteiger partial charge is 0.284 e. The molecule has 160 valence electrons. The van der Waals surface area contributed by atoms with Crippen LogP contribution in [-0.2, 0) is 16.4 Å². The summed E-state index contributed by atoms with van der Waals surface area (Å²) < 4.78 is 26.9. The number of aromatic amines is 1. The van der Waals surface area contributed by atoms with Gasteiger partial charge in [-0.2, -0.15) is 5.10 Å². The third-order valence-electron chi connectivity index (χ3n) is 5.16. The van der Waals surface area contributed by atoms with Crippen LogP contribution < -0.4 is 10.3 Å². The van der Waals surface area contributed by atoms with Gasteiger partial charge < -0.3 is 0 Å². The minimum Gasteiger partial charge on any atom is -0.284 e. The van der Waals surface area contributed by atoms with Gasteiger partial charge in [0.2, 0.25) is 10.0 Å². The Morgan fingerprint density at radius 1 is 1.00 bits per heavy atom. The van der Waals surface area contributed by atoms with E-state index in [4.69, 9.17) is 0 Å². The molecule has 0 radical (unpaired) electrons. The second-order valence-corrected chi connectivity index (χ2v) is 9.27. The van der Waals surface area contributed by atoms with Crippen molar-refractivity contribution in [3.05, 3.63) is 94.5 Å². The molecule has 3 aromatic heterocycles. The number of nitrogens with one attached hydrogen (secondary N) is 2. The van der Waals surface area contributed by atoms with E-state index in [0.29, 0.717) is 34.4 Å². The highest BCUT2D eigenvalue weighted by atomic mass is 32.2. The first-order valence-electron chi connectivity index (χ1n) is 9.89. The van der Waals surface area contributed by atoms with Crippen molar-refractivity contribution >= 4 is 37.6 Å². The Balaban J connectivity index is 1.65. The van der Waals surface area contributed by atoms with Crippen molar-refractivity contribution in [2.75, 3.05) is 11.0 Å². The van der Waals surface area contributed by atoms with Gasteiger partial charge in [0.15, 0.2) is 0 Å². The highest BCUT2D eigenvalue weighted by Crippen LogP contribution is 2.25. The highest BCUT2D eigenvalue weighted by Gasteiger charge is 2.18. The summed E-state index contributed by atoms with van der Waals surface area (Å²) in [5.74, 6) is 0. The summed E-state index contributed by atoms with van der Waals surface area (Å²) in [6, 6.07) is 20.1. The molecule has 0 aliphatic rings. The van der Waals surface area contributed by atoms with Gasteiger partial charge in [0.25, 0.3) is 5.56 Å². The maximum atomic E-state index is 13.6. The van der Waals surface area contributed by atoms with E-state index in [-0.39, 0.29) is 5.56 Å². The number of anilines is 1. The third-order valence-corrected chi connectivity index (χ3v) is 5.77. The summed E-state index contributed by atoms with van der Waals surface area (Å²) >= 11 is 0. The molecule has 0 bridgehead atoms. The number of para-hydroxylation sites is 1. The van der Waals surface area contributed by atoms with Crippen molar-refractivity contribution in [3.8, 4) is 5.69 Å².